The third-order valence-corrected chi connectivity index (χ3v) is 11.3. The van der Waals surface area contributed by atoms with Gasteiger partial charge in [0.1, 0.15) is 0 Å². The Kier molecular flexibility index (Phi) is 11.1. The molecule has 2 aliphatic rings. The predicted molar refractivity (Wildman–Crippen MR) is 248 cm³/mol. The first kappa shape index (κ1) is 38.7. The van der Waals surface area contributed by atoms with Crippen molar-refractivity contribution in [2.75, 3.05) is 0 Å². The Morgan fingerprint density at radius 2 is 0.600 bits per heavy atom. The average Bonchev–Trinajstić information content (AvgIpc) is 4.12. The number of nitrogens with zero attached hydrogens (tertiary/aromatic N) is 6. The number of rotatable bonds is 12. The number of nitrogens with one attached hydrogen (secondary N) is 2. The zero-order valence-corrected chi connectivity index (χ0v) is 34.9. The van der Waals surface area contributed by atoms with Crippen molar-refractivity contribution in [2.45, 2.75) is 79.1 Å². The average molecular weight is 787 g/mol. The van der Waals surface area contributed by atoms with E-state index in [1.54, 1.807) is 0 Å². The van der Waals surface area contributed by atoms with Crippen LogP contribution in [0, 0.1) is 0 Å². The standard InChI is InChI=1S/C52H50N8/c1-5-13-33-17-9-29-53-49(33)45-37-21-23-39(57-37)46(50-34(14-6-2)18-10-30-54-50)41-25-27-43(59-41)48(52-36(16-8-4)20-12-32-56-52)44-28-26-42(60-44)47(40-24-22-38(45)58-40)51-35(15-7-3)19-11-31-55-51/h9-12,17-32,57,60H,5-8,13-16H2,1-4H3. The van der Waals surface area contributed by atoms with Crippen LogP contribution in [0.5, 0.6) is 0 Å². The van der Waals surface area contributed by atoms with Crippen molar-refractivity contribution in [3.8, 4) is 45.0 Å². The lowest BCUT2D eigenvalue weighted by molar-refractivity contribution is 0.916. The molecule has 0 fully saturated rings. The van der Waals surface area contributed by atoms with Crippen molar-refractivity contribution >= 4 is 46.4 Å². The number of hydrogen-bond acceptors (Lipinski definition) is 6. The van der Waals surface area contributed by atoms with Gasteiger partial charge in [-0.2, -0.15) is 0 Å². The van der Waals surface area contributed by atoms with Crippen LogP contribution in [0.2, 0.25) is 0 Å². The fourth-order valence-electron chi connectivity index (χ4n) is 8.74. The SMILES string of the molecule is CCCc1cccnc1-c1c2nc(c(-c3ncccc3CCC)c3ccc([nH]3)c(-c3ncccc3CCC)c3nc(c(-c4ncccc4CCC)c4ccc1[nH]4)C=C3)C=C2. The van der Waals surface area contributed by atoms with Crippen molar-refractivity contribution in [3.63, 3.8) is 0 Å². The molecule has 2 aliphatic heterocycles. The predicted octanol–water partition coefficient (Wildman–Crippen LogP) is 12.7. The fraction of sp³-hybridized carbons (Fsp3) is 0.231. The molecular weight excluding hydrogens is 737 g/mol. The van der Waals surface area contributed by atoms with Crippen molar-refractivity contribution in [1.82, 2.24) is 39.9 Å². The van der Waals surface area contributed by atoms with Gasteiger partial charge in [0.05, 0.1) is 67.6 Å². The first-order valence-electron chi connectivity index (χ1n) is 21.5. The minimum atomic E-state index is 0.837. The molecule has 0 atom stereocenters. The van der Waals surface area contributed by atoms with Crippen LogP contribution >= 0.6 is 0 Å². The van der Waals surface area contributed by atoms with Gasteiger partial charge in [-0.15, -0.1) is 0 Å². The number of aromatic nitrogens is 8. The van der Waals surface area contributed by atoms with Gasteiger partial charge in [-0.05, 0) is 121 Å². The van der Waals surface area contributed by atoms with Crippen molar-refractivity contribution in [2.24, 2.45) is 0 Å². The highest BCUT2D eigenvalue weighted by Gasteiger charge is 2.23. The Hall–Kier alpha value is -6.80. The lowest BCUT2D eigenvalue weighted by atomic mass is 10.0. The van der Waals surface area contributed by atoms with Crippen LogP contribution in [0.25, 0.3) is 91.4 Å². The van der Waals surface area contributed by atoms with Crippen molar-refractivity contribution in [1.29, 1.82) is 0 Å². The lowest BCUT2D eigenvalue weighted by Crippen LogP contribution is -1.98. The zero-order valence-electron chi connectivity index (χ0n) is 34.9. The van der Waals surface area contributed by atoms with E-state index < -0.39 is 0 Å². The summed E-state index contributed by atoms with van der Waals surface area (Å²) in [5.41, 5.74) is 19.2. The minimum Gasteiger partial charge on any atom is -0.354 e. The van der Waals surface area contributed by atoms with E-state index in [0.717, 1.165) is 141 Å². The van der Waals surface area contributed by atoms with Gasteiger partial charge in [-0.1, -0.05) is 77.6 Å². The third kappa shape index (κ3) is 7.27. The molecule has 0 saturated heterocycles. The molecule has 0 spiro atoms. The van der Waals surface area contributed by atoms with Crippen molar-refractivity contribution < 1.29 is 0 Å². The number of aryl methyl sites for hydroxylation is 4. The molecule has 60 heavy (non-hydrogen) atoms. The first-order valence-corrected chi connectivity index (χ1v) is 21.5. The van der Waals surface area contributed by atoms with Crippen LogP contribution < -0.4 is 0 Å². The van der Waals surface area contributed by atoms with E-state index in [4.69, 9.17) is 29.9 Å². The van der Waals surface area contributed by atoms with E-state index in [-0.39, 0.29) is 0 Å². The topological polar surface area (TPSA) is 109 Å². The van der Waals surface area contributed by atoms with E-state index >= 15 is 0 Å². The molecule has 0 unspecified atom stereocenters. The van der Waals surface area contributed by atoms with E-state index in [1.807, 2.05) is 49.1 Å². The second kappa shape index (κ2) is 17.2. The first-order chi connectivity index (χ1) is 29.6. The molecule has 8 nitrogen and oxygen atoms in total. The molecule has 298 valence electrons. The number of pyridine rings is 4. The number of aromatic amines is 2. The fourth-order valence-corrected chi connectivity index (χ4v) is 8.74. The molecule has 8 bridgehead atoms. The summed E-state index contributed by atoms with van der Waals surface area (Å²) in [6, 6.07) is 25.5. The largest absolute Gasteiger partial charge is 0.354 e. The van der Waals surface area contributed by atoms with E-state index in [1.165, 1.54) is 22.3 Å². The maximum Gasteiger partial charge on any atom is 0.0776 e. The molecule has 2 N–H and O–H groups in total. The van der Waals surface area contributed by atoms with Crippen LogP contribution in [0.15, 0.2) is 97.6 Å². The molecule has 0 aliphatic carbocycles. The van der Waals surface area contributed by atoms with Crippen LogP contribution in [-0.2, 0) is 25.7 Å². The van der Waals surface area contributed by atoms with Gasteiger partial charge in [-0.3, -0.25) is 19.9 Å². The highest BCUT2D eigenvalue weighted by atomic mass is 14.8. The van der Waals surface area contributed by atoms with Gasteiger partial charge in [0.2, 0.25) is 0 Å². The molecule has 9 heterocycles. The highest BCUT2D eigenvalue weighted by molar-refractivity contribution is 5.99. The molecule has 8 heteroatoms. The summed E-state index contributed by atoms with van der Waals surface area (Å²) in [6.45, 7) is 8.85. The maximum absolute atomic E-state index is 5.52. The second-order valence-corrected chi connectivity index (χ2v) is 15.5. The Morgan fingerprint density at radius 3 is 0.833 bits per heavy atom. The van der Waals surface area contributed by atoms with Crippen LogP contribution in [0.3, 0.4) is 0 Å². The van der Waals surface area contributed by atoms with E-state index in [2.05, 4.69) is 110 Å². The van der Waals surface area contributed by atoms with Crippen molar-refractivity contribution in [3.05, 3.63) is 143 Å². The van der Waals surface area contributed by atoms with Gasteiger partial charge in [-0.25, -0.2) is 9.97 Å². The molecule has 0 aromatic carbocycles. The van der Waals surface area contributed by atoms with Gasteiger partial charge < -0.3 is 9.97 Å². The Balaban J connectivity index is 1.49. The van der Waals surface area contributed by atoms with Gasteiger partial charge in [0, 0.05) is 47.0 Å². The normalized spacial score (nSPS) is 12.1. The molecule has 7 aromatic rings. The van der Waals surface area contributed by atoms with Gasteiger partial charge in [0.25, 0.3) is 0 Å². The van der Waals surface area contributed by atoms with Crippen LogP contribution in [-0.4, -0.2) is 39.9 Å². The highest BCUT2D eigenvalue weighted by Crippen LogP contribution is 2.39. The van der Waals surface area contributed by atoms with Gasteiger partial charge >= 0.3 is 0 Å². The number of H-pyrrole nitrogens is 2. The Morgan fingerprint density at radius 1 is 0.350 bits per heavy atom. The molecule has 0 amide bonds. The lowest BCUT2D eigenvalue weighted by Gasteiger charge is -2.11. The van der Waals surface area contributed by atoms with Crippen LogP contribution in [0.4, 0.5) is 0 Å². The Bertz CT molecular complexity index is 2560. The summed E-state index contributed by atoms with van der Waals surface area (Å²) in [6.07, 6.45) is 23.6. The molecule has 7 aromatic heterocycles. The molecule has 0 saturated carbocycles. The van der Waals surface area contributed by atoms with E-state index in [0.29, 0.717) is 0 Å². The third-order valence-electron chi connectivity index (χ3n) is 11.3. The van der Waals surface area contributed by atoms with Gasteiger partial charge in [0.15, 0.2) is 0 Å². The molecule has 9 rings (SSSR count). The number of fused-ring (bicyclic) bond motifs is 8. The smallest absolute Gasteiger partial charge is 0.0776 e. The summed E-state index contributed by atoms with van der Waals surface area (Å²) in [5, 5.41) is 0. The summed E-state index contributed by atoms with van der Waals surface area (Å²) in [4.78, 5) is 39.1. The zero-order chi connectivity index (χ0) is 41.0. The quantitative estimate of drug-likeness (QED) is 0.128. The van der Waals surface area contributed by atoms with E-state index in [9.17, 15) is 0 Å². The summed E-state index contributed by atoms with van der Waals surface area (Å²) in [5.74, 6) is 0. The number of hydrogen-bond donors (Lipinski definition) is 2. The Labute approximate surface area is 351 Å². The maximum atomic E-state index is 5.52. The summed E-state index contributed by atoms with van der Waals surface area (Å²) < 4.78 is 0. The summed E-state index contributed by atoms with van der Waals surface area (Å²) >= 11 is 0. The molecular formula is C52H50N8. The second-order valence-electron chi connectivity index (χ2n) is 15.5. The summed E-state index contributed by atoms with van der Waals surface area (Å²) in [7, 11) is 0. The molecule has 0 radical (unpaired) electrons. The monoisotopic (exact) mass is 786 g/mol. The minimum absolute atomic E-state index is 0.837. The van der Waals surface area contributed by atoms with Crippen LogP contribution in [0.1, 0.15) is 98.4 Å².